The summed E-state index contributed by atoms with van der Waals surface area (Å²) < 4.78 is 7.20. The number of aliphatic imine (C=N–C) groups is 1. The highest BCUT2D eigenvalue weighted by Gasteiger charge is 2.28. The molecule has 0 amide bonds. The fraction of sp³-hybridized carbons (Fsp3) is 0.588. The van der Waals surface area contributed by atoms with Gasteiger partial charge in [-0.05, 0) is 26.7 Å². The number of rotatable bonds is 5. The molecule has 1 unspecified atom stereocenters. The lowest BCUT2D eigenvalue weighted by atomic mass is 9.98. The summed E-state index contributed by atoms with van der Waals surface area (Å²) in [6.45, 7) is 7.20. The van der Waals surface area contributed by atoms with E-state index in [-0.39, 0.29) is 11.9 Å². The van der Waals surface area contributed by atoms with Gasteiger partial charge in [-0.15, -0.1) is 11.3 Å². The summed E-state index contributed by atoms with van der Waals surface area (Å²) in [5.74, 6) is 0.667. The highest BCUT2D eigenvalue weighted by Crippen LogP contribution is 2.18. The van der Waals surface area contributed by atoms with Crippen LogP contribution in [-0.2, 0) is 16.1 Å². The number of hydrogen-bond acceptors (Lipinski definition) is 5. The topological polar surface area (TPSA) is 71.2 Å². The second-order valence-corrected chi connectivity index (χ2v) is 6.91. The molecule has 1 aliphatic rings. The number of hydrogen-bond donors (Lipinski definition) is 1. The van der Waals surface area contributed by atoms with Crippen LogP contribution < -0.4 is 5.32 Å². The molecule has 1 fully saturated rings. The summed E-state index contributed by atoms with van der Waals surface area (Å²) in [6.07, 6.45) is 5.86. The van der Waals surface area contributed by atoms with E-state index in [9.17, 15) is 4.79 Å². The molecule has 3 rings (SSSR count). The van der Waals surface area contributed by atoms with Gasteiger partial charge in [-0.1, -0.05) is 0 Å². The molecular weight excluding hydrogens is 338 g/mol. The Hall–Kier alpha value is -2.09. The van der Waals surface area contributed by atoms with E-state index in [1.807, 2.05) is 29.1 Å². The van der Waals surface area contributed by atoms with Crippen LogP contribution in [0.3, 0.4) is 0 Å². The summed E-state index contributed by atoms with van der Waals surface area (Å²) in [4.78, 5) is 24.5. The summed E-state index contributed by atoms with van der Waals surface area (Å²) in [5, 5.41) is 5.35. The molecule has 1 aliphatic heterocycles. The van der Waals surface area contributed by atoms with Crippen molar-refractivity contribution in [2.45, 2.75) is 33.2 Å². The molecule has 0 aliphatic carbocycles. The van der Waals surface area contributed by atoms with Crippen LogP contribution >= 0.6 is 11.3 Å². The monoisotopic (exact) mass is 363 g/mol. The molecule has 0 spiro atoms. The minimum absolute atomic E-state index is 0.0736. The van der Waals surface area contributed by atoms with Crippen molar-refractivity contribution in [3.8, 4) is 0 Å². The Morgan fingerprint density at radius 3 is 3.16 bits per heavy atom. The third-order valence-electron chi connectivity index (χ3n) is 4.21. The van der Waals surface area contributed by atoms with Crippen LogP contribution in [0.5, 0.6) is 0 Å². The molecule has 8 heteroatoms. The number of nitrogens with zero attached hydrogens (tertiary/aromatic N) is 4. The van der Waals surface area contributed by atoms with E-state index in [4.69, 9.17) is 9.73 Å². The van der Waals surface area contributed by atoms with E-state index in [1.165, 1.54) is 0 Å². The fourth-order valence-electron chi connectivity index (χ4n) is 3.06. The zero-order valence-electron chi connectivity index (χ0n) is 14.8. The first-order chi connectivity index (χ1) is 12.2. The van der Waals surface area contributed by atoms with Gasteiger partial charge in [0.25, 0.3) is 0 Å². The summed E-state index contributed by atoms with van der Waals surface area (Å²) in [6, 6.07) is 0. The number of guanidine groups is 1. The Balaban J connectivity index is 1.68. The first-order valence-electron chi connectivity index (χ1n) is 8.82. The molecule has 2 aromatic heterocycles. The minimum Gasteiger partial charge on any atom is -0.466 e. The van der Waals surface area contributed by atoms with Crippen molar-refractivity contribution < 1.29 is 9.53 Å². The molecule has 136 valence electrons. The zero-order chi connectivity index (χ0) is 17.6. The molecule has 0 saturated carbocycles. The molecule has 2 aromatic rings. The van der Waals surface area contributed by atoms with Crippen molar-refractivity contribution >= 4 is 28.2 Å². The van der Waals surface area contributed by atoms with Gasteiger partial charge in [0.2, 0.25) is 0 Å². The lowest BCUT2D eigenvalue weighted by molar-refractivity contribution is -0.149. The highest BCUT2D eigenvalue weighted by molar-refractivity contribution is 7.15. The molecular formula is C17H25N5O2S. The Labute approximate surface area is 151 Å². The third-order valence-corrected chi connectivity index (χ3v) is 4.98. The van der Waals surface area contributed by atoms with E-state index in [1.54, 1.807) is 11.3 Å². The fourth-order valence-corrected chi connectivity index (χ4v) is 3.77. The van der Waals surface area contributed by atoms with Crippen LogP contribution in [0.4, 0.5) is 0 Å². The van der Waals surface area contributed by atoms with Crippen molar-refractivity contribution in [3.63, 3.8) is 0 Å². The smallest absolute Gasteiger partial charge is 0.310 e. The number of esters is 1. The molecule has 1 atom stereocenters. The maximum atomic E-state index is 12.1. The Morgan fingerprint density at radius 1 is 1.52 bits per heavy atom. The van der Waals surface area contributed by atoms with Crippen molar-refractivity contribution in [2.24, 2.45) is 10.9 Å². The van der Waals surface area contributed by atoms with Crippen LogP contribution in [0.15, 0.2) is 22.8 Å². The van der Waals surface area contributed by atoms with Crippen LogP contribution in [0, 0.1) is 5.92 Å². The van der Waals surface area contributed by atoms with Crippen LogP contribution in [0.25, 0.3) is 4.96 Å². The number of imidazole rings is 1. The van der Waals surface area contributed by atoms with Gasteiger partial charge in [0, 0.05) is 37.4 Å². The molecule has 0 bridgehead atoms. The standard InChI is InChI=1S/C17H25N5O2S/c1-3-18-16(19-10-14-12-22-8-9-25-17(22)20-14)21-7-5-6-13(11-21)15(23)24-4-2/h8-9,12-13H,3-7,10-11H2,1-2H3,(H,18,19). The van der Waals surface area contributed by atoms with E-state index in [2.05, 4.69) is 22.1 Å². The lowest BCUT2D eigenvalue weighted by Crippen LogP contribution is -2.48. The van der Waals surface area contributed by atoms with Gasteiger partial charge in [0.15, 0.2) is 10.9 Å². The lowest BCUT2D eigenvalue weighted by Gasteiger charge is -2.33. The molecule has 25 heavy (non-hydrogen) atoms. The predicted molar refractivity (Wildman–Crippen MR) is 98.8 cm³/mol. The largest absolute Gasteiger partial charge is 0.466 e. The average Bonchev–Trinajstić information content (AvgIpc) is 3.20. The second-order valence-electron chi connectivity index (χ2n) is 6.03. The number of aromatic nitrogens is 2. The van der Waals surface area contributed by atoms with E-state index >= 15 is 0 Å². The van der Waals surface area contributed by atoms with Crippen LogP contribution in [0.2, 0.25) is 0 Å². The Kier molecular flexibility index (Phi) is 5.91. The number of nitrogens with one attached hydrogen (secondary N) is 1. The zero-order valence-corrected chi connectivity index (χ0v) is 15.6. The third kappa shape index (κ3) is 4.31. The molecule has 0 radical (unpaired) electrons. The first kappa shape index (κ1) is 17.7. The minimum atomic E-state index is -0.0996. The number of ether oxygens (including phenoxy) is 1. The maximum absolute atomic E-state index is 12.1. The molecule has 3 heterocycles. The number of carbonyl (C=O) groups excluding carboxylic acids is 1. The van der Waals surface area contributed by atoms with Crippen molar-refractivity contribution in [1.82, 2.24) is 19.6 Å². The summed E-state index contributed by atoms with van der Waals surface area (Å²) >= 11 is 1.61. The van der Waals surface area contributed by atoms with Crippen LogP contribution in [-0.4, -0.2) is 52.5 Å². The summed E-state index contributed by atoms with van der Waals surface area (Å²) in [7, 11) is 0. The number of thiazole rings is 1. The molecule has 1 saturated heterocycles. The number of carbonyl (C=O) groups is 1. The molecule has 0 aromatic carbocycles. The number of likely N-dealkylation sites (tertiary alicyclic amines) is 1. The molecule has 1 N–H and O–H groups in total. The maximum Gasteiger partial charge on any atom is 0.310 e. The van der Waals surface area contributed by atoms with Gasteiger partial charge in [-0.25, -0.2) is 9.98 Å². The Morgan fingerprint density at radius 2 is 2.40 bits per heavy atom. The second kappa shape index (κ2) is 8.33. The summed E-state index contributed by atoms with van der Waals surface area (Å²) in [5.41, 5.74) is 0.946. The quantitative estimate of drug-likeness (QED) is 0.501. The van der Waals surface area contributed by atoms with Crippen molar-refractivity contribution in [1.29, 1.82) is 0 Å². The average molecular weight is 363 g/mol. The first-order valence-corrected chi connectivity index (χ1v) is 9.70. The van der Waals surface area contributed by atoms with Gasteiger partial charge >= 0.3 is 5.97 Å². The van der Waals surface area contributed by atoms with E-state index in [0.717, 1.165) is 42.5 Å². The SMILES string of the molecule is CCNC(=NCc1cn2ccsc2n1)N1CCCC(C(=O)OCC)C1. The van der Waals surface area contributed by atoms with Gasteiger partial charge in [-0.2, -0.15) is 0 Å². The van der Waals surface area contributed by atoms with E-state index in [0.29, 0.717) is 19.7 Å². The van der Waals surface area contributed by atoms with Crippen LogP contribution in [0.1, 0.15) is 32.4 Å². The van der Waals surface area contributed by atoms with Gasteiger partial charge in [0.05, 0.1) is 24.8 Å². The number of fused-ring (bicyclic) bond motifs is 1. The van der Waals surface area contributed by atoms with Gasteiger partial charge in [0.1, 0.15) is 0 Å². The predicted octanol–water partition coefficient (Wildman–Crippen LogP) is 2.14. The normalized spacial score (nSPS) is 18.6. The highest BCUT2D eigenvalue weighted by atomic mass is 32.1. The Bertz CT molecular complexity index is 710. The molecule has 7 nitrogen and oxygen atoms in total. The van der Waals surface area contributed by atoms with E-state index < -0.39 is 0 Å². The van der Waals surface area contributed by atoms with Gasteiger partial charge < -0.3 is 15.0 Å². The van der Waals surface area contributed by atoms with Crippen molar-refractivity contribution in [3.05, 3.63) is 23.5 Å². The van der Waals surface area contributed by atoms with Gasteiger partial charge in [-0.3, -0.25) is 9.20 Å². The number of piperidine rings is 1. The van der Waals surface area contributed by atoms with Crippen molar-refractivity contribution in [2.75, 3.05) is 26.2 Å².